The number of rotatable bonds is 4. The van der Waals surface area contributed by atoms with Crippen LogP contribution in [-0.4, -0.2) is 66.1 Å². The van der Waals surface area contributed by atoms with Gasteiger partial charge in [0.2, 0.25) is 10.0 Å². The maximum Gasteiger partial charge on any atom is 0.410 e. The van der Waals surface area contributed by atoms with Gasteiger partial charge in [0, 0.05) is 13.1 Å². The number of hydrogen-bond acceptors (Lipinski definition) is 5. The Hall–Kier alpha value is -2.20. The Morgan fingerprint density at radius 1 is 1.22 bits per heavy atom. The fourth-order valence-corrected chi connectivity index (χ4v) is 4.35. The van der Waals surface area contributed by atoms with Crippen molar-refractivity contribution in [3.63, 3.8) is 0 Å². The van der Waals surface area contributed by atoms with Crippen molar-refractivity contribution in [3.05, 3.63) is 35.6 Å². The van der Waals surface area contributed by atoms with E-state index >= 15 is 0 Å². The summed E-state index contributed by atoms with van der Waals surface area (Å²) in [6.45, 7) is 4.59. The number of carboxylic acid groups (broad SMARTS) is 1. The maximum atomic E-state index is 13.0. The lowest BCUT2D eigenvalue weighted by Gasteiger charge is -2.38. The Labute approximate surface area is 157 Å². The SMILES string of the molecule is CC(C)(C)OC(=O)N1CCN(S(=O)(=O)Cc2ccc(F)cc2)[C@H](C(=O)O)C1. The first-order chi connectivity index (χ1) is 12.4. The van der Waals surface area contributed by atoms with E-state index in [0.29, 0.717) is 5.56 Å². The molecule has 0 spiro atoms. The zero-order valence-electron chi connectivity index (χ0n) is 15.4. The van der Waals surface area contributed by atoms with Crippen LogP contribution in [0.1, 0.15) is 26.3 Å². The number of hydrogen-bond donors (Lipinski definition) is 1. The van der Waals surface area contributed by atoms with Crippen molar-refractivity contribution in [2.75, 3.05) is 19.6 Å². The summed E-state index contributed by atoms with van der Waals surface area (Å²) in [6.07, 6.45) is -0.690. The molecule has 0 radical (unpaired) electrons. The van der Waals surface area contributed by atoms with Gasteiger partial charge in [-0.3, -0.25) is 4.79 Å². The summed E-state index contributed by atoms with van der Waals surface area (Å²) in [6, 6.07) is 3.52. The molecule has 1 fully saturated rings. The summed E-state index contributed by atoms with van der Waals surface area (Å²) >= 11 is 0. The van der Waals surface area contributed by atoms with Crippen LogP contribution in [0.4, 0.5) is 9.18 Å². The molecule has 1 aliphatic rings. The lowest BCUT2D eigenvalue weighted by Crippen LogP contribution is -2.59. The maximum absolute atomic E-state index is 13.0. The van der Waals surface area contributed by atoms with Crippen molar-refractivity contribution in [2.24, 2.45) is 0 Å². The lowest BCUT2D eigenvalue weighted by molar-refractivity contribution is -0.143. The summed E-state index contributed by atoms with van der Waals surface area (Å²) in [5, 5.41) is 9.47. The van der Waals surface area contributed by atoms with Crippen molar-refractivity contribution in [1.82, 2.24) is 9.21 Å². The van der Waals surface area contributed by atoms with Crippen LogP contribution in [0.25, 0.3) is 0 Å². The number of aliphatic carboxylic acids is 1. The minimum Gasteiger partial charge on any atom is -0.480 e. The van der Waals surface area contributed by atoms with Gasteiger partial charge in [0.05, 0.1) is 12.3 Å². The van der Waals surface area contributed by atoms with Crippen molar-refractivity contribution >= 4 is 22.1 Å². The van der Waals surface area contributed by atoms with E-state index in [4.69, 9.17) is 4.74 Å². The van der Waals surface area contributed by atoms with Crippen LogP contribution in [0.5, 0.6) is 0 Å². The number of piperazine rings is 1. The molecule has 2 rings (SSSR count). The van der Waals surface area contributed by atoms with E-state index in [2.05, 4.69) is 0 Å². The highest BCUT2D eigenvalue weighted by Crippen LogP contribution is 2.20. The molecule has 0 aliphatic carbocycles. The van der Waals surface area contributed by atoms with Crippen molar-refractivity contribution < 1.29 is 32.2 Å². The third-order valence-electron chi connectivity index (χ3n) is 3.89. The topological polar surface area (TPSA) is 104 Å². The molecular weight excluding hydrogens is 379 g/mol. The molecule has 0 bridgehead atoms. The van der Waals surface area contributed by atoms with E-state index in [1.165, 1.54) is 17.0 Å². The Morgan fingerprint density at radius 2 is 1.81 bits per heavy atom. The number of carbonyl (C=O) groups is 2. The standard InChI is InChI=1S/C17H23FN2O6S/c1-17(2,3)26-16(23)19-8-9-20(14(10-19)15(21)22)27(24,25)11-12-4-6-13(18)7-5-12/h4-7,14H,8-11H2,1-3H3,(H,21,22)/t14-/m0/s1. The first-order valence-corrected chi connectivity index (χ1v) is 9.95. The van der Waals surface area contributed by atoms with E-state index in [1.807, 2.05) is 0 Å². The molecule has 1 N–H and O–H groups in total. The number of carboxylic acids is 1. The molecule has 1 aliphatic heterocycles. The molecule has 1 amide bonds. The van der Waals surface area contributed by atoms with Crippen LogP contribution >= 0.6 is 0 Å². The minimum absolute atomic E-state index is 0.0152. The second kappa shape index (κ2) is 7.81. The van der Waals surface area contributed by atoms with E-state index in [9.17, 15) is 27.5 Å². The molecule has 0 aromatic heterocycles. The fraction of sp³-hybridized carbons (Fsp3) is 0.529. The van der Waals surface area contributed by atoms with E-state index in [-0.39, 0.29) is 19.6 Å². The Bertz CT molecular complexity index is 804. The number of halogens is 1. The monoisotopic (exact) mass is 402 g/mol. The quantitative estimate of drug-likeness (QED) is 0.821. The molecule has 1 heterocycles. The van der Waals surface area contributed by atoms with Crippen LogP contribution < -0.4 is 0 Å². The normalized spacial score (nSPS) is 19.0. The molecule has 8 nitrogen and oxygen atoms in total. The Balaban J connectivity index is 2.16. The molecule has 0 unspecified atom stereocenters. The summed E-state index contributed by atoms with van der Waals surface area (Å²) in [5.74, 6) is -2.31. The molecule has 1 aromatic carbocycles. The number of sulfonamides is 1. The molecule has 0 saturated carbocycles. The Kier molecular flexibility index (Phi) is 6.10. The van der Waals surface area contributed by atoms with E-state index in [0.717, 1.165) is 16.4 Å². The van der Waals surface area contributed by atoms with Gasteiger partial charge in [-0.1, -0.05) is 12.1 Å². The van der Waals surface area contributed by atoms with Gasteiger partial charge in [0.25, 0.3) is 0 Å². The number of carbonyl (C=O) groups excluding carboxylic acids is 1. The molecule has 150 valence electrons. The van der Waals surface area contributed by atoms with Gasteiger partial charge >= 0.3 is 12.1 Å². The molecule has 27 heavy (non-hydrogen) atoms. The highest BCUT2D eigenvalue weighted by Gasteiger charge is 2.41. The van der Waals surface area contributed by atoms with Crippen LogP contribution in [0.3, 0.4) is 0 Å². The highest BCUT2D eigenvalue weighted by atomic mass is 32.2. The summed E-state index contributed by atoms with van der Waals surface area (Å²) in [7, 11) is -3.98. The largest absolute Gasteiger partial charge is 0.480 e. The number of ether oxygens (including phenoxy) is 1. The van der Waals surface area contributed by atoms with E-state index < -0.39 is 45.3 Å². The summed E-state index contributed by atoms with van der Waals surface area (Å²) < 4.78 is 44.5. The summed E-state index contributed by atoms with van der Waals surface area (Å²) in [4.78, 5) is 25.0. The first kappa shape index (κ1) is 21.1. The van der Waals surface area contributed by atoms with Crippen LogP contribution in [-0.2, 0) is 25.3 Å². The lowest BCUT2D eigenvalue weighted by atomic mass is 10.2. The molecular formula is C17H23FN2O6S. The van der Waals surface area contributed by atoms with Crippen LogP contribution in [0.2, 0.25) is 0 Å². The average Bonchev–Trinajstić information content (AvgIpc) is 2.54. The number of amides is 1. The number of benzene rings is 1. The smallest absolute Gasteiger partial charge is 0.410 e. The van der Waals surface area contributed by atoms with Gasteiger partial charge in [0.1, 0.15) is 17.5 Å². The predicted molar refractivity (Wildman–Crippen MR) is 95.0 cm³/mol. The van der Waals surface area contributed by atoms with Gasteiger partial charge in [-0.05, 0) is 38.5 Å². The molecule has 1 saturated heterocycles. The first-order valence-electron chi connectivity index (χ1n) is 8.34. The van der Waals surface area contributed by atoms with Gasteiger partial charge in [-0.2, -0.15) is 4.31 Å². The molecule has 1 atom stereocenters. The third kappa shape index (κ3) is 5.64. The summed E-state index contributed by atoms with van der Waals surface area (Å²) in [5.41, 5.74) is -0.406. The third-order valence-corrected chi connectivity index (χ3v) is 5.74. The number of nitrogens with zero attached hydrogens (tertiary/aromatic N) is 2. The second-order valence-corrected chi connectivity index (χ2v) is 9.20. The zero-order valence-corrected chi connectivity index (χ0v) is 16.2. The minimum atomic E-state index is -3.98. The van der Waals surface area contributed by atoms with E-state index in [1.54, 1.807) is 20.8 Å². The zero-order chi connectivity index (χ0) is 20.4. The Morgan fingerprint density at radius 3 is 2.33 bits per heavy atom. The van der Waals surface area contributed by atoms with Gasteiger partial charge < -0.3 is 14.7 Å². The molecule has 10 heteroatoms. The van der Waals surface area contributed by atoms with Crippen molar-refractivity contribution in [3.8, 4) is 0 Å². The van der Waals surface area contributed by atoms with Gasteiger partial charge in [-0.15, -0.1) is 0 Å². The van der Waals surface area contributed by atoms with Crippen LogP contribution in [0, 0.1) is 5.82 Å². The van der Waals surface area contributed by atoms with Crippen molar-refractivity contribution in [1.29, 1.82) is 0 Å². The van der Waals surface area contributed by atoms with Crippen LogP contribution in [0.15, 0.2) is 24.3 Å². The highest BCUT2D eigenvalue weighted by molar-refractivity contribution is 7.88. The molecule has 1 aromatic rings. The fourth-order valence-electron chi connectivity index (χ4n) is 2.67. The predicted octanol–water partition coefficient (Wildman–Crippen LogP) is 1.66. The van der Waals surface area contributed by atoms with Gasteiger partial charge in [-0.25, -0.2) is 17.6 Å². The second-order valence-electron chi connectivity index (χ2n) is 7.27. The van der Waals surface area contributed by atoms with Gasteiger partial charge in [0.15, 0.2) is 0 Å². The average molecular weight is 402 g/mol. The van der Waals surface area contributed by atoms with Crippen molar-refractivity contribution in [2.45, 2.75) is 38.2 Å².